The van der Waals surface area contributed by atoms with Crippen molar-refractivity contribution in [2.45, 2.75) is 6.92 Å². The van der Waals surface area contributed by atoms with E-state index in [0.717, 1.165) is 6.54 Å². The molecular formula is C15H31NO7. The number of nitrogens with one attached hydrogen (secondary N) is 1. The predicted octanol–water partition coefficient (Wildman–Crippen LogP) is -0.148. The molecule has 0 rings (SSSR count). The zero-order chi connectivity index (χ0) is 17.0. The fourth-order valence-electron chi connectivity index (χ4n) is 1.40. The van der Waals surface area contributed by atoms with Crippen LogP contribution in [0.3, 0.4) is 0 Å². The maximum absolute atomic E-state index is 10.5. The Bertz CT molecular complexity index is 254. The van der Waals surface area contributed by atoms with Gasteiger partial charge in [0, 0.05) is 13.5 Å². The van der Waals surface area contributed by atoms with Gasteiger partial charge in [-0.15, -0.1) is 0 Å². The highest BCUT2D eigenvalue weighted by atomic mass is 16.6. The minimum absolute atomic E-state index is 0.277. The normalized spacial score (nSPS) is 10.9. The van der Waals surface area contributed by atoms with Crippen LogP contribution in [0.15, 0.2) is 0 Å². The van der Waals surface area contributed by atoms with Crippen LogP contribution in [0.5, 0.6) is 0 Å². The van der Waals surface area contributed by atoms with Crippen molar-refractivity contribution in [1.82, 2.24) is 5.32 Å². The van der Waals surface area contributed by atoms with Crippen molar-refractivity contribution in [2.24, 2.45) is 0 Å². The van der Waals surface area contributed by atoms with Crippen LogP contribution in [0.4, 0.5) is 0 Å². The summed E-state index contributed by atoms with van der Waals surface area (Å²) in [5.41, 5.74) is 0. The van der Waals surface area contributed by atoms with Crippen molar-refractivity contribution in [3.63, 3.8) is 0 Å². The van der Waals surface area contributed by atoms with Crippen molar-refractivity contribution >= 4 is 5.97 Å². The highest BCUT2D eigenvalue weighted by Crippen LogP contribution is 1.84. The first kappa shape index (κ1) is 22.2. The van der Waals surface area contributed by atoms with Gasteiger partial charge in [-0.3, -0.25) is 4.79 Å². The molecule has 1 N–H and O–H groups in total. The molecule has 0 aliphatic carbocycles. The summed E-state index contributed by atoms with van der Waals surface area (Å²) >= 11 is 0. The van der Waals surface area contributed by atoms with Crippen LogP contribution in [-0.2, 0) is 33.2 Å². The van der Waals surface area contributed by atoms with Gasteiger partial charge >= 0.3 is 5.97 Å². The second-order valence-corrected chi connectivity index (χ2v) is 4.51. The summed E-state index contributed by atoms with van der Waals surface area (Å²) in [4.78, 5) is 10.5. The standard InChI is InChI=1S/C15H31NO7/c1-15(17)23-14-13-22-12-11-21-10-9-20-8-7-19-6-5-18-4-3-16-2/h16H,3-14H2,1-2H3. The fraction of sp³-hybridized carbons (Fsp3) is 0.933. The third-order valence-electron chi connectivity index (χ3n) is 2.52. The summed E-state index contributed by atoms with van der Waals surface area (Å²) in [5, 5.41) is 3.00. The van der Waals surface area contributed by atoms with Crippen molar-refractivity contribution in [2.75, 3.05) is 86.3 Å². The lowest BCUT2D eigenvalue weighted by Gasteiger charge is -2.08. The van der Waals surface area contributed by atoms with E-state index in [9.17, 15) is 4.79 Å². The minimum Gasteiger partial charge on any atom is -0.463 e. The summed E-state index contributed by atoms with van der Waals surface area (Å²) in [6, 6.07) is 0. The van der Waals surface area contributed by atoms with Gasteiger partial charge in [-0.05, 0) is 7.05 Å². The third kappa shape index (κ3) is 21.2. The van der Waals surface area contributed by atoms with E-state index in [2.05, 4.69) is 5.32 Å². The Morgan fingerprint density at radius 2 is 1.00 bits per heavy atom. The van der Waals surface area contributed by atoms with Gasteiger partial charge in [-0.25, -0.2) is 0 Å². The second kappa shape index (κ2) is 19.3. The molecule has 0 spiro atoms. The van der Waals surface area contributed by atoms with Crippen LogP contribution >= 0.6 is 0 Å². The molecule has 0 unspecified atom stereocenters. The molecule has 0 fully saturated rings. The van der Waals surface area contributed by atoms with E-state index in [-0.39, 0.29) is 12.6 Å². The van der Waals surface area contributed by atoms with Crippen LogP contribution in [0.2, 0.25) is 0 Å². The number of likely N-dealkylation sites (N-methyl/N-ethyl adjacent to an activating group) is 1. The molecule has 8 heteroatoms. The van der Waals surface area contributed by atoms with Crippen molar-refractivity contribution < 1.29 is 33.2 Å². The van der Waals surface area contributed by atoms with E-state index < -0.39 is 0 Å². The largest absolute Gasteiger partial charge is 0.463 e. The van der Waals surface area contributed by atoms with Crippen LogP contribution < -0.4 is 5.32 Å². The molecule has 138 valence electrons. The quantitative estimate of drug-likeness (QED) is 0.273. The molecule has 0 bridgehead atoms. The van der Waals surface area contributed by atoms with E-state index >= 15 is 0 Å². The Kier molecular flexibility index (Phi) is 18.6. The van der Waals surface area contributed by atoms with E-state index in [4.69, 9.17) is 28.4 Å². The maximum atomic E-state index is 10.5. The van der Waals surface area contributed by atoms with Crippen LogP contribution in [-0.4, -0.2) is 92.2 Å². The van der Waals surface area contributed by atoms with E-state index in [0.29, 0.717) is 66.1 Å². The highest BCUT2D eigenvalue weighted by molar-refractivity contribution is 5.65. The lowest BCUT2D eigenvalue weighted by molar-refractivity contribution is -0.142. The smallest absolute Gasteiger partial charge is 0.302 e. The zero-order valence-electron chi connectivity index (χ0n) is 14.3. The summed E-state index contributed by atoms with van der Waals surface area (Å²) < 4.78 is 31.3. The zero-order valence-corrected chi connectivity index (χ0v) is 14.3. The molecule has 0 saturated carbocycles. The minimum atomic E-state index is -0.299. The first-order valence-electron chi connectivity index (χ1n) is 7.94. The first-order valence-corrected chi connectivity index (χ1v) is 7.94. The molecule has 0 heterocycles. The summed E-state index contributed by atoms with van der Waals surface area (Å²) in [6.07, 6.45) is 0. The molecule has 0 aromatic rings. The average Bonchev–Trinajstić information content (AvgIpc) is 2.53. The van der Waals surface area contributed by atoms with Gasteiger partial charge in [0.05, 0.1) is 66.1 Å². The average molecular weight is 337 g/mol. The van der Waals surface area contributed by atoms with Crippen molar-refractivity contribution in [3.8, 4) is 0 Å². The number of rotatable bonds is 18. The lowest BCUT2D eigenvalue weighted by Crippen LogP contribution is -2.17. The molecule has 0 aliphatic rings. The molecule has 0 amide bonds. The molecule has 0 atom stereocenters. The number of hydrogen-bond acceptors (Lipinski definition) is 8. The molecule has 23 heavy (non-hydrogen) atoms. The highest BCUT2D eigenvalue weighted by Gasteiger charge is 1.94. The molecule has 0 aromatic carbocycles. The Morgan fingerprint density at radius 3 is 1.35 bits per heavy atom. The van der Waals surface area contributed by atoms with Crippen molar-refractivity contribution in [1.29, 1.82) is 0 Å². The Hall–Kier alpha value is -0.770. The molecular weight excluding hydrogens is 306 g/mol. The monoisotopic (exact) mass is 337 g/mol. The Labute approximate surface area is 138 Å². The first-order chi connectivity index (χ1) is 11.3. The van der Waals surface area contributed by atoms with Crippen LogP contribution in [0.1, 0.15) is 6.92 Å². The fourth-order valence-corrected chi connectivity index (χ4v) is 1.40. The van der Waals surface area contributed by atoms with Gasteiger partial charge in [0.1, 0.15) is 6.61 Å². The topological polar surface area (TPSA) is 84.5 Å². The number of hydrogen-bond donors (Lipinski definition) is 1. The molecule has 8 nitrogen and oxygen atoms in total. The lowest BCUT2D eigenvalue weighted by atomic mass is 10.6. The van der Waals surface area contributed by atoms with Gasteiger partial charge in [0.2, 0.25) is 0 Å². The maximum Gasteiger partial charge on any atom is 0.302 e. The number of carbonyl (C=O) groups excluding carboxylic acids is 1. The van der Waals surface area contributed by atoms with E-state index in [1.54, 1.807) is 0 Å². The summed E-state index contributed by atoms with van der Waals surface area (Å²) in [5.74, 6) is -0.299. The van der Waals surface area contributed by atoms with Crippen LogP contribution in [0.25, 0.3) is 0 Å². The van der Waals surface area contributed by atoms with Gasteiger partial charge in [-0.1, -0.05) is 0 Å². The van der Waals surface area contributed by atoms with E-state index in [1.807, 2.05) is 7.05 Å². The van der Waals surface area contributed by atoms with Gasteiger partial charge in [0.25, 0.3) is 0 Å². The number of carbonyl (C=O) groups is 1. The van der Waals surface area contributed by atoms with Gasteiger partial charge in [0.15, 0.2) is 0 Å². The second-order valence-electron chi connectivity index (χ2n) is 4.51. The predicted molar refractivity (Wildman–Crippen MR) is 84.7 cm³/mol. The summed E-state index contributed by atoms with van der Waals surface area (Å²) in [7, 11) is 1.89. The van der Waals surface area contributed by atoms with Crippen LogP contribution in [0, 0.1) is 0 Å². The third-order valence-corrected chi connectivity index (χ3v) is 2.52. The molecule has 0 radical (unpaired) electrons. The Morgan fingerprint density at radius 1 is 0.652 bits per heavy atom. The number of esters is 1. The SMILES string of the molecule is CNCCOCCOCCOCCOCCOCCOC(C)=O. The van der Waals surface area contributed by atoms with Gasteiger partial charge in [-0.2, -0.15) is 0 Å². The number of ether oxygens (including phenoxy) is 6. The molecule has 0 aromatic heterocycles. The van der Waals surface area contributed by atoms with Gasteiger partial charge < -0.3 is 33.7 Å². The van der Waals surface area contributed by atoms with E-state index in [1.165, 1.54) is 6.92 Å². The molecule has 0 saturated heterocycles. The summed E-state index contributed by atoms with van der Waals surface area (Å²) in [6.45, 7) is 7.84. The Balaban J connectivity index is 2.96. The molecule has 0 aliphatic heterocycles. The van der Waals surface area contributed by atoms with Crippen molar-refractivity contribution in [3.05, 3.63) is 0 Å².